The Labute approximate surface area is 152 Å². The number of carbonyl (C=O) groups excluding carboxylic acids is 1. The number of nitrogens with one attached hydrogen (secondary N) is 1. The maximum Gasteiger partial charge on any atom is 0.248 e. The zero-order chi connectivity index (χ0) is 18.6. The van der Waals surface area contributed by atoms with Crippen LogP contribution in [-0.2, 0) is 10.3 Å². The van der Waals surface area contributed by atoms with Gasteiger partial charge in [-0.15, -0.1) is 0 Å². The molecule has 0 bridgehead atoms. The van der Waals surface area contributed by atoms with Crippen LogP contribution in [0.25, 0.3) is 0 Å². The SMILES string of the molecule is COc1ccc(C(NC(=O)C(C)(C)n2cncn2)c2ccccc2)cc1. The summed E-state index contributed by atoms with van der Waals surface area (Å²) in [6.45, 7) is 3.63. The lowest BCUT2D eigenvalue weighted by atomic mass is 9.96. The predicted octanol–water partition coefficient (Wildman–Crippen LogP) is 2.93. The van der Waals surface area contributed by atoms with E-state index in [2.05, 4.69) is 15.4 Å². The average molecular weight is 350 g/mol. The smallest absolute Gasteiger partial charge is 0.248 e. The van der Waals surface area contributed by atoms with E-state index in [1.807, 2.05) is 68.4 Å². The van der Waals surface area contributed by atoms with Crippen LogP contribution in [0.3, 0.4) is 0 Å². The molecule has 0 radical (unpaired) electrons. The zero-order valence-electron chi connectivity index (χ0n) is 15.1. The Bertz CT molecular complexity index is 843. The van der Waals surface area contributed by atoms with Crippen LogP contribution >= 0.6 is 0 Å². The first kappa shape index (κ1) is 17.7. The highest BCUT2D eigenvalue weighted by atomic mass is 16.5. The molecular weight excluding hydrogens is 328 g/mol. The third kappa shape index (κ3) is 3.59. The molecule has 134 valence electrons. The number of methoxy groups -OCH3 is 1. The summed E-state index contributed by atoms with van der Waals surface area (Å²) >= 11 is 0. The summed E-state index contributed by atoms with van der Waals surface area (Å²) in [5.74, 6) is 0.627. The quantitative estimate of drug-likeness (QED) is 0.742. The summed E-state index contributed by atoms with van der Waals surface area (Å²) in [5, 5.41) is 7.26. The summed E-state index contributed by atoms with van der Waals surface area (Å²) in [7, 11) is 1.63. The normalized spacial score (nSPS) is 12.4. The van der Waals surface area contributed by atoms with E-state index in [4.69, 9.17) is 4.74 Å². The van der Waals surface area contributed by atoms with E-state index in [-0.39, 0.29) is 11.9 Å². The maximum absolute atomic E-state index is 13.0. The number of carbonyl (C=O) groups is 1. The first-order chi connectivity index (χ1) is 12.5. The van der Waals surface area contributed by atoms with Gasteiger partial charge >= 0.3 is 0 Å². The van der Waals surface area contributed by atoms with Gasteiger partial charge in [0.2, 0.25) is 5.91 Å². The van der Waals surface area contributed by atoms with Crippen molar-refractivity contribution in [3.63, 3.8) is 0 Å². The number of hydrogen-bond acceptors (Lipinski definition) is 4. The van der Waals surface area contributed by atoms with Gasteiger partial charge in [-0.25, -0.2) is 9.67 Å². The Morgan fingerprint density at radius 1 is 1.08 bits per heavy atom. The van der Waals surface area contributed by atoms with Gasteiger partial charge in [-0.05, 0) is 37.1 Å². The van der Waals surface area contributed by atoms with Gasteiger partial charge in [-0.2, -0.15) is 5.10 Å². The lowest BCUT2D eigenvalue weighted by Gasteiger charge is -2.28. The molecular formula is C20H22N4O2. The molecule has 1 heterocycles. The molecule has 0 spiro atoms. The van der Waals surface area contributed by atoms with Gasteiger partial charge in [0.05, 0.1) is 13.2 Å². The second-order valence-corrected chi connectivity index (χ2v) is 6.49. The van der Waals surface area contributed by atoms with Gasteiger partial charge in [-0.1, -0.05) is 42.5 Å². The third-order valence-corrected chi connectivity index (χ3v) is 4.40. The van der Waals surface area contributed by atoms with E-state index >= 15 is 0 Å². The molecule has 0 aliphatic rings. The fourth-order valence-electron chi connectivity index (χ4n) is 2.71. The highest BCUT2D eigenvalue weighted by Gasteiger charge is 2.32. The molecule has 0 saturated carbocycles. The average Bonchev–Trinajstić information content (AvgIpc) is 3.22. The molecule has 1 amide bonds. The Balaban J connectivity index is 1.92. The molecule has 2 aromatic carbocycles. The molecule has 6 nitrogen and oxygen atoms in total. The highest BCUT2D eigenvalue weighted by Crippen LogP contribution is 2.26. The largest absolute Gasteiger partial charge is 0.497 e. The standard InChI is InChI=1S/C20H22N4O2/c1-20(2,24-14-21-13-22-24)19(25)23-18(15-7-5-4-6-8-15)16-9-11-17(26-3)12-10-16/h4-14,18H,1-3H3,(H,23,25). The van der Waals surface area contributed by atoms with Crippen molar-refractivity contribution in [2.45, 2.75) is 25.4 Å². The summed E-state index contributed by atoms with van der Waals surface area (Å²) in [5.41, 5.74) is 1.11. The number of nitrogens with zero attached hydrogens (tertiary/aromatic N) is 3. The van der Waals surface area contributed by atoms with E-state index in [1.165, 1.54) is 6.33 Å². The monoisotopic (exact) mass is 350 g/mol. The van der Waals surface area contributed by atoms with Crippen LogP contribution in [-0.4, -0.2) is 27.8 Å². The molecule has 26 heavy (non-hydrogen) atoms. The number of rotatable bonds is 6. The summed E-state index contributed by atoms with van der Waals surface area (Å²) in [6, 6.07) is 17.3. The fraction of sp³-hybridized carbons (Fsp3) is 0.250. The Morgan fingerprint density at radius 2 is 1.73 bits per heavy atom. The van der Waals surface area contributed by atoms with Gasteiger partial charge < -0.3 is 10.1 Å². The number of aromatic nitrogens is 3. The van der Waals surface area contributed by atoms with Crippen molar-refractivity contribution >= 4 is 5.91 Å². The number of hydrogen-bond donors (Lipinski definition) is 1. The van der Waals surface area contributed by atoms with E-state index in [1.54, 1.807) is 18.1 Å². The van der Waals surface area contributed by atoms with Crippen LogP contribution in [0.5, 0.6) is 5.75 Å². The minimum atomic E-state index is -0.865. The first-order valence-corrected chi connectivity index (χ1v) is 8.37. The van der Waals surface area contributed by atoms with Crippen LogP contribution in [0, 0.1) is 0 Å². The van der Waals surface area contributed by atoms with Crippen molar-refractivity contribution in [2.24, 2.45) is 0 Å². The van der Waals surface area contributed by atoms with Crippen LogP contribution in [0.15, 0.2) is 67.3 Å². The molecule has 3 aromatic rings. The Morgan fingerprint density at radius 3 is 2.31 bits per heavy atom. The first-order valence-electron chi connectivity index (χ1n) is 8.37. The highest BCUT2D eigenvalue weighted by molar-refractivity contribution is 5.84. The number of amides is 1. The Hall–Kier alpha value is -3.15. The molecule has 1 N–H and O–H groups in total. The van der Waals surface area contributed by atoms with Crippen LogP contribution in [0.4, 0.5) is 0 Å². The molecule has 1 aromatic heterocycles. The van der Waals surface area contributed by atoms with Crippen molar-refractivity contribution in [3.05, 3.63) is 78.4 Å². The lowest BCUT2D eigenvalue weighted by Crippen LogP contribution is -2.46. The third-order valence-electron chi connectivity index (χ3n) is 4.40. The minimum absolute atomic E-state index is 0.146. The molecule has 0 saturated heterocycles. The molecule has 0 aliphatic heterocycles. The van der Waals surface area contributed by atoms with E-state index in [9.17, 15) is 4.79 Å². The van der Waals surface area contributed by atoms with E-state index < -0.39 is 5.54 Å². The van der Waals surface area contributed by atoms with E-state index in [0.29, 0.717) is 0 Å². The summed E-state index contributed by atoms with van der Waals surface area (Å²) in [6.07, 6.45) is 2.97. The maximum atomic E-state index is 13.0. The topological polar surface area (TPSA) is 69.0 Å². The second-order valence-electron chi connectivity index (χ2n) is 6.49. The van der Waals surface area contributed by atoms with Crippen molar-refractivity contribution in [1.29, 1.82) is 0 Å². The predicted molar refractivity (Wildman–Crippen MR) is 98.8 cm³/mol. The van der Waals surface area contributed by atoms with Crippen LogP contribution < -0.4 is 10.1 Å². The van der Waals surface area contributed by atoms with Crippen molar-refractivity contribution in [1.82, 2.24) is 20.1 Å². The number of benzene rings is 2. The molecule has 0 aliphatic carbocycles. The van der Waals surface area contributed by atoms with Crippen LogP contribution in [0.1, 0.15) is 31.0 Å². The lowest BCUT2D eigenvalue weighted by molar-refractivity contribution is -0.129. The molecule has 6 heteroatoms. The van der Waals surface area contributed by atoms with Crippen molar-refractivity contribution < 1.29 is 9.53 Å². The van der Waals surface area contributed by atoms with Gasteiger partial charge in [-0.3, -0.25) is 4.79 Å². The van der Waals surface area contributed by atoms with Gasteiger partial charge in [0.25, 0.3) is 0 Å². The number of ether oxygens (including phenoxy) is 1. The van der Waals surface area contributed by atoms with Crippen LogP contribution in [0.2, 0.25) is 0 Å². The second kappa shape index (κ2) is 7.39. The fourth-order valence-corrected chi connectivity index (χ4v) is 2.71. The molecule has 1 unspecified atom stereocenters. The van der Waals surface area contributed by atoms with Gasteiger partial charge in [0.1, 0.15) is 23.9 Å². The summed E-state index contributed by atoms with van der Waals surface area (Å²) < 4.78 is 6.79. The van der Waals surface area contributed by atoms with Crippen molar-refractivity contribution in [2.75, 3.05) is 7.11 Å². The summed E-state index contributed by atoms with van der Waals surface area (Å²) in [4.78, 5) is 17.0. The Kier molecular flexibility index (Phi) is 5.02. The molecule has 1 atom stereocenters. The molecule has 3 rings (SSSR count). The zero-order valence-corrected chi connectivity index (χ0v) is 15.1. The van der Waals surface area contributed by atoms with Gasteiger partial charge in [0.15, 0.2) is 0 Å². The molecule has 0 fully saturated rings. The van der Waals surface area contributed by atoms with E-state index in [0.717, 1.165) is 16.9 Å². The minimum Gasteiger partial charge on any atom is -0.497 e. The van der Waals surface area contributed by atoms with Crippen molar-refractivity contribution in [3.8, 4) is 5.75 Å². The van der Waals surface area contributed by atoms with Gasteiger partial charge in [0, 0.05) is 0 Å².